The van der Waals surface area contributed by atoms with E-state index in [0.717, 1.165) is 33.4 Å². The zero-order chi connectivity index (χ0) is 13.2. The molecule has 0 saturated heterocycles. The van der Waals surface area contributed by atoms with Crippen molar-refractivity contribution in [3.63, 3.8) is 0 Å². The van der Waals surface area contributed by atoms with E-state index in [0.29, 0.717) is 6.61 Å². The van der Waals surface area contributed by atoms with E-state index in [1.165, 1.54) is 0 Å². The van der Waals surface area contributed by atoms with Crippen molar-refractivity contribution in [1.82, 2.24) is 9.97 Å². The topological polar surface area (TPSA) is 35.0 Å². The Kier molecular flexibility index (Phi) is 3.25. The lowest BCUT2D eigenvalue weighted by Gasteiger charge is -2.21. The van der Waals surface area contributed by atoms with E-state index in [4.69, 9.17) is 4.74 Å². The van der Waals surface area contributed by atoms with Gasteiger partial charge in [-0.1, -0.05) is 30.3 Å². The molecule has 0 fully saturated rings. The average Bonchev–Trinajstić information content (AvgIpc) is 2.44. The average molecular weight is 270 g/mol. The number of rotatable bonds is 4. The molecule has 3 rings (SSSR count). The number of benzene rings is 1. The van der Waals surface area contributed by atoms with Crippen molar-refractivity contribution in [2.45, 2.75) is 11.9 Å². The third kappa shape index (κ3) is 2.12. The fraction of sp³-hybridized carbons (Fsp3) is 0.200. The van der Waals surface area contributed by atoms with Crippen LogP contribution in [0.3, 0.4) is 0 Å². The molecule has 2 aromatic rings. The van der Waals surface area contributed by atoms with Gasteiger partial charge in [0, 0.05) is 11.6 Å². The highest BCUT2D eigenvalue weighted by Gasteiger charge is 2.25. The number of thioether (sulfide) groups is 1. The van der Waals surface area contributed by atoms with Crippen LogP contribution < -0.4 is 0 Å². The van der Waals surface area contributed by atoms with Gasteiger partial charge in [-0.15, -0.1) is 11.8 Å². The van der Waals surface area contributed by atoms with Crippen molar-refractivity contribution in [2.75, 3.05) is 12.9 Å². The normalized spacial score (nSPS) is 12.4. The van der Waals surface area contributed by atoms with Gasteiger partial charge in [0.05, 0.1) is 17.9 Å². The molecule has 0 spiro atoms. The zero-order valence-corrected chi connectivity index (χ0v) is 11.7. The summed E-state index contributed by atoms with van der Waals surface area (Å²) in [6, 6.07) is 10.0. The number of hydrogen-bond acceptors (Lipinski definition) is 4. The van der Waals surface area contributed by atoms with Gasteiger partial charge in [0.2, 0.25) is 0 Å². The predicted molar refractivity (Wildman–Crippen MR) is 78.7 cm³/mol. The predicted octanol–water partition coefficient (Wildman–Crippen LogP) is 3.71. The Morgan fingerprint density at radius 1 is 1.16 bits per heavy atom. The Hall–Kier alpha value is -1.81. The molecule has 0 saturated carbocycles. The van der Waals surface area contributed by atoms with Crippen LogP contribution in [0.25, 0.3) is 23.2 Å². The smallest absolute Gasteiger partial charge is 0.161 e. The summed E-state index contributed by atoms with van der Waals surface area (Å²) in [7, 11) is 0. The number of hydrogen-bond donors (Lipinski definition) is 0. The first-order chi connectivity index (χ1) is 9.33. The van der Waals surface area contributed by atoms with Gasteiger partial charge in [-0.25, -0.2) is 9.97 Å². The maximum absolute atomic E-state index is 5.56. The quantitative estimate of drug-likeness (QED) is 0.626. The molecule has 1 aromatic heterocycles. The van der Waals surface area contributed by atoms with Crippen LogP contribution in [-0.4, -0.2) is 22.8 Å². The first-order valence-electron chi connectivity index (χ1n) is 6.19. The van der Waals surface area contributed by atoms with Crippen molar-refractivity contribution >= 4 is 23.6 Å². The van der Waals surface area contributed by atoms with Gasteiger partial charge in [-0.05, 0) is 13.2 Å². The molecular formula is C15H14N2OS. The van der Waals surface area contributed by atoms with Gasteiger partial charge >= 0.3 is 0 Å². The van der Waals surface area contributed by atoms with E-state index in [2.05, 4.69) is 9.97 Å². The van der Waals surface area contributed by atoms with Crippen LogP contribution in [0, 0.1) is 0 Å². The molecule has 1 aliphatic rings. The Morgan fingerprint density at radius 3 is 2.63 bits per heavy atom. The highest BCUT2D eigenvalue weighted by molar-refractivity contribution is 7.98. The monoisotopic (exact) mass is 270 g/mol. The first-order valence-corrected chi connectivity index (χ1v) is 7.42. The molecule has 0 N–H and O–H groups in total. The van der Waals surface area contributed by atoms with Gasteiger partial charge in [-0.3, -0.25) is 0 Å². The number of fused-ring (bicyclic) bond motifs is 1. The molecular weight excluding hydrogens is 256 g/mol. The summed E-state index contributed by atoms with van der Waals surface area (Å²) in [5.41, 5.74) is 3.06. The maximum atomic E-state index is 5.56. The Bertz CT molecular complexity index is 638. The van der Waals surface area contributed by atoms with E-state index < -0.39 is 0 Å². The maximum Gasteiger partial charge on any atom is 0.161 e. The van der Waals surface area contributed by atoms with Crippen molar-refractivity contribution in [3.05, 3.63) is 41.6 Å². The van der Waals surface area contributed by atoms with Gasteiger partial charge < -0.3 is 4.74 Å². The van der Waals surface area contributed by atoms with Gasteiger partial charge in [0.15, 0.2) is 5.82 Å². The van der Waals surface area contributed by atoms with E-state index >= 15 is 0 Å². The fourth-order valence-corrected chi connectivity index (χ4v) is 2.63. The summed E-state index contributed by atoms with van der Waals surface area (Å²) < 4.78 is 5.56. The van der Waals surface area contributed by atoms with Crippen LogP contribution in [0.5, 0.6) is 0 Å². The lowest BCUT2D eigenvalue weighted by Crippen LogP contribution is -2.10. The molecule has 19 heavy (non-hydrogen) atoms. The molecule has 1 aromatic carbocycles. The van der Waals surface area contributed by atoms with Crippen molar-refractivity contribution in [2.24, 2.45) is 0 Å². The van der Waals surface area contributed by atoms with Crippen LogP contribution in [0.1, 0.15) is 18.2 Å². The SMILES string of the molecule is CCOC1=Cc2nc(-c3ccccc3)nc(SC)c21. The minimum Gasteiger partial charge on any atom is -0.493 e. The molecule has 4 heteroatoms. The first kappa shape index (κ1) is 12.2. The summed E-state index contributed by atoms with van der Waals surface area (Å²) in [5, 5.41) is 0.981. The molecule has 0 atom stereocenters. The Labute approximate surface area is 116 Å². The number of nitrogens with zero attached hydrogens (tertiary/aromatic N) is 2. The molecule has 0 radical (unpaired) electrons. The minimum atomic E-state index is 0.666. The second-order valence-electron chi connectivity index (χ2n) is 4.12. The van der Waals surface area contributed by atoms with Crippen molar-refractivity contribution in [3.8, 4) is 11.4 Å². The van der Waals surface area contributed by atoms with E-state index in [9.17, 15) is 0 Å². The van der Waals surface area contributed by atoms with Crippen molar-refractivity contribution in [1.29, 1.82) is 0 Å². The van der Waals surface area contributed by atoms with Crippen LogP contribution >= 0.6 is 11.8 Å². The lowest BCUT2D eigenvalue weighted by atomic mass is 10.0. The van der Waals surface area contributed by atoms with Crippen LogP contribution in [0.4, 0.5) is 0 Å². The summed E-state index contributed by atoms with van der Waals surface area (Å²) in [4.78, 5) is 9.23. The van der Waals surface area contributed by atoms with E-state index in [1.807, 2.05) is 49.6 Å². The second kappa shape index (κ2) is 5.05. The van der Waals surface area contributed by atoms with Crippen LogP contribution in [0.15, 0.2) is 35.4 Å². The molecule has 3 nitrogen and oxygen atoms in total. The van der Waals surface area contributed by atoms with Gasteiger partial charge in [-0.2, -0.15) is 0 Å². The summed E-state index contributed by atoms with van der Waals surface area (Å²) in [6.45, 7) is 2.65. The Morgan fingerprint density at radius 2 is 1.95 bits per heavy atom. The molecule has 0 unspecified atom stereocenters. The standard InChI is InChI=1S/C15H14N2OS/c1-3-18-12-9-11-13(12)15(19-2)17-14(16-11)10-7-5-4-6-8-10/h4-9H,3H2,1-2H3. The summed E-state index contributed by atoms with van der Waals surface area (Å²) in [5.74, 6) is 1.68. The van der Waals surface area contributed by atoms with Gasteiger partial charge in [0.25, 0.3) is 0 Å². The fourth-order valence-electron chi connectivity index (χ4n) is 2.04. The molecule has 0 bridgehead atoms. The molecule has 1 aliphatic carbocycles. The zero-order valence-electron chi connectivity index (χ0n) is 10.9. The molecule has 0 amide bonds. The summed E-state index contributed by atoms with van der Waals surface area (Å²) >= 11 is 1.63. The van der Waals surface area contributed by atoms with Crippen LogP contribution in [0.2, 0.25) is 0 Å². The van der Waals surface area contributed by atoms with E-state index in [1.54, 1.807) is 11.8 Å². The van der Waals surface area contributed by atoms with Crippen molar-refractivity contribution < 1.29 is 4.74 Å². The highest BCUT2D eigenvalue weighted by Crippen LogP contribution is 2.38. The lowest BCUT2D eigenvalue weighted by molar-refractivity contribution is 0.296. The number of aromatic nitrogens is 2. The minimum absolute atomic E-state index is 0.666. The molecule has 0 aliphatic heterocycles. The van der Waals surface area contributed by atoms with Gasteiger partial charge in [0.1, 0.15) is 10.8 Å². The van der Waals surface area contributed by atoms with Crippen LogP contribution in [-0.2, 0) is 4.74 Å². The number of ether oxygens (including phenoxy) is 1. The molecule has 1 heterocycles. The third-order valence-electron chi connectivity index (χ3n) is 2.94. The Balaban J connectivity index is 2.04. The largest absolute Gasteiger partial charge is 0.493 e. The van der Waals surface area contributed by atoms with E-state index in [-0.39, 0.29) is 0 Å². The third-order valence-corrected chi connectivity index (χ3v) is 3.63. The summed E-state index contributed by atoms with van der Waals surface area (Å²) in [6.07, 6.45) is 4.01. The highest BCUT2D eigenvalue weighted by atomic mass is 32.2. The molecule has 96 valence electrons. The second-order valence-corrected chi connectivity index (χ2v) is 4.92.